The van der Waals surface area contributed by atoms with Crippen LogP contribution in [-0.2, 0) is 19.5 Å². The van der Waals surface area contributed by atoms with Gasteiger partial charge in [0.25, 0.3) is 0 Å². The lowest BCUT2D eigenvalue weighted by molar-refractivity contribution is 0.210. The summed E-state index contributed by atoms with van der Waals surface area (Å²) in [5, 5.41) is 8.18. The van der Waals surface area contributed by atoms with Gasteiger partial charge in [-0.3, -0.25) is 9.58 Å². The molecule has 0 radical (unpaired) electrons. The first-order valence-corrected chi connectivity index (χ1v) is 8.61. The second-order valence-electron chi connectivity index (χ2n) is 5.63. The molecule has 5 heteroatoms. The number of halogens is 1. The first kappa shape index (κ1) is 16.0. The Bertz CT molecular complexity index is 422. The van der Waals surface area contributed by atoms with Gasteiger partial charge in [0.05, 0.1) is 15.9 Å². The van der Waals surface area contributed by atoms with Crippen molar-refractivity contribution in [3.05, 3.63) is 15.9 Å². The van der Waals surface area contributed by atoms with Gasteiger partial charge in [-0.15, -0.1) is 0 Å². The summed E-state index contributed by atoms with van der Waals surface area (Å²) in [4.78, 5) is 2.50. The lowest BCUT2D eigenvalue weighted by atomic mass is 10.1. The normalized spacial score (nSPS) is 20.4. The monoisotopic (exact) mass is 342 g/mol. The van der Waals surface area contributed by atoms with E-state index in [2.05, 4.69) is 51.7 Å². The molecule has 0 bridgehead atoms. The number of aromatic nitrogens is 2. The van der Waals surface area contributed by atoms with E-state index < -0.39 is 0 Å². The van der Waals surface area contributed by atoms with Gasteiger partial charge in [0.15, 0.2) is 0 Å². The molecular formula is C15H27BrN4. The summed E-state index contributed by atoms with van der Waals surface area (Å²) in [5.41, 5.74) is 2.50. The van der Waals surface area contributed by atoms with Crippen LogP contribution in [0.3, 0.4) is 0 Å². The molecule has 4 nitrogen and oxygen atoms in total. The summed E-state index contributed by atoms with van der Waals surface area (Å²) < 4.78 is 3.36. The summed E-state index contributed by atoms with van der Waals surface area (Å²) in [6.45, 7) is 8.56. The molecule has 0 aromatic carbocycles. The van der Waals surface area contributed by atoms with Crippen molar-refractivity contribution in [3.8, 4) is 0 Å². The van der Waals surface area contributed by atoms with Crippen LogP contribution in [-0.4, -0.2) is 40.9 Å². The van der Waals surface area contributed by atoms with Crippen LogP contribution in [0.25, 0.3) is 0 Å². The third-order valence-electron chi connectivity index (χ3n) is 4.26. The lowest BCUT2D eigenvalue weighted by Gasteiger charge is -2.27. The zero-order valence-corrected chi connectivity index (χ0v) is 14.5. The van der Waals surface area contributed by atoms with Crippen molar-refractivity contribution < 1.29 is 0 Å². The quantitative estimate of drug-likeness (QED) is 0.893. The minimum absolute atomic E-state index is 0.683. The minimum atomic E-state index is 0.683. The maximum Gasteiger partial charge on any atom is 0.0767 e. The van der Waals surface area contributed by atoms with Gasteiger partial charge in [-0.2, -0.15) is 5.10 Å². The van der Waals surface area contributed by atoms with Gasteiger partial charge in [0.2, 0.25) is 0 Å². The maximum absolute atomic E-state index is 4.69. The highest BCUT2D eigenvalue weighted by Gasteiger charge is 2.21. The molecule has 1 aliphatic rings. The molecule has 1 unspecified atom stereocenters. The first-order chi connectivity index (χ1) is 9.67. The van der Waals surface area contributed by atoms with Gasteiger partial charge in [-0.05, 0) is 68.7 Å². The van der Waals surface area contributed by atoms with E-state index in [9.17, 15) is 0 Å². The molecule has 0 amide bonds. The zero-order chi connectivity index (χ0) is 14.5. The average Bonchev–Trinajstić information content (AvgIpc) is 2.65. The van der Waals surface area contributed by atoms with Crippen LogP contribution >= 0.6 is 15.9 Å². The molecule has 0 spiro atoms. The Hall–Kier alpha value is -0.390. The van der Waals surface area contributed by atoms with E-state index in [1.54, 1.807) is 0 Å². The van der Waals surface area contributed by atoms with Gasteiger partial charge in [-0.25, -0.2) is 0 Å². The Labute approximate surface area is 131 Å². The smallest absolute Gasteiger partial charge is 0.0767 e. The summed E-state index contributed by atoms with van der Waals surface area (Å²) in [6, 6.07) is 0.683. The standard InChI is InChI=1S/C15H27BrN4/c1-4-13-15(16)14(20(5-2)18-13)11-19(3)12-7-6-9-17-10-8-12/h12,17H,4-11H2,1-3H3. The van der Waals surface area contributed by atoms with Gasteiger partial charge in [-0.1, -0.05) is 6.92 Å². The third kappa shape index (κ3) is 3.62. The zero-order valence-electron chi connectivity index (χ0n) is 13.0. The molecule has 20 heavy (non-hydrogen) atoms. The third-order valence-corrected chi connectivity index (χ3v) is 5.18. The van der Waals surface area contributed by atoms with E-state index in [0.717, 1.165) is 26.1 Å². The van der Waals surface area contributed by atoms with Crippen molar-refractivity contribution in [2.24, 2.45) is 0 Å². The highest BCUT2D eigenvalue weighted by Crippen LogP contribution is 2.25. The summed E-state index contributed by atoms with van der Waals surface area (Å²) in [6.07, 6.45) is 4.80. The van der Waals surface area contributed by atoms with E-state index in [-0.39, 0.29) is 0 Å². The SMILES string of the molecule is CCc1nn(CC)c(CN(C)C2CCCNCC2)c1Br. The molecule has 0 aliphatic carbocycles. The molecular weight excluding hydrogens is 316 g/mol. The van der Waals surface area contributed by atoms with Crippen LogP contribution in [0.1, 0.15) is 44.5 Å². The molecule has 0 saturated carbocycles. The van der Waals surface area contributed by atoms with Gasteiger partial charge >= 0.3 is 0 Å². The number of nitrogens with one attached hydrogen (secondary N) is 1. The van der Waals surface area contributed by atoms with Gasteiger partial charge in [0.1, 0.15) is 0 Å². The van der Waals surface area contributed by atoms with Crippen molar-refractivity contribution in [2.45, 2.75) is 58.7 Å². The molecule has 1 atom stereocenters. The van der Waals surface area contributed by atoms with E-state index in [1.807, 2.05) is 0 Å². The van der Waals surface area contributed by atoms with E-state index in [1.165, 1.54) is 41.7 Å². The average molecular weight is 343 g/mol. The van der Waals surface area contributed by atoms with E-state index in [4.69, 9.17) is 5.10 Å². The Morgan fingerprint density at radius 3 is 2.85 bits per heavy atom. The predicted molar refractivity (Wildman–Crippen MR) is 87.0 cm³/mol. The second kappa shape index (κ2) is 7.57. The van der Waals surface area contributed by atoms with Crippen LogP contribution in [0.5, 0.6) is 0 Å². The van der Waals surface area contributed by atoms with Crippen LogP contribution in [0.4, 0.5) is 0 Å². The largest absolute Gasteiger partial charge is 0.317 e. The van der Waals surface area contributed by atoms with Crippen molar-refractivity contribution in [3.63, 3.8) is 0 Å². The number of hydrogen-bond donors (Lipinski definition) is 1. The van der Waals surface area contributed by atoms with Crippen LogP contribution < -0.4 is 5.32 Å². The summed E-state index contributed by atoms with van der Waals surface area (Å²) >= 11 is 3.75. The Morgan fingerprint density at radius 2 is 2.15 bits per heavy atom. The molecule has 2 heterocycles. The molecule has 114 valence electrons. The first-order valence-electron chi connectivity index (χ1n) is 7.82. The molecule has 1 fully saturated rings. The van der Waals surface area contributed by atoms with Crippen molar-refractivity contribution in [2.75, 3.05) is 20.1 Å². The fourth-order valence-corrected chi connectivity index (χ4v) is 3.66. The van der Waals surface area contributed by atoms with Crippen LogP contribution in [0, 0.1) is 0 Å². The Morgan fingerprint density at radius 1 is 1.35 bits per heavy atom. The molecule has 1 aromatic heterocycles. The van der Waals surface area contributed by atoms with Crippen LogP contribution in [0.15, 0.2) is 4.47 Å². The summed E-state index contributed by atoms with van der Waals surface area (Å²) in [7, 11) is 2.25. The van der Waals surface area contributed by atoms with Crippen molar-refractivity contribution >= 4 is 15.9 Å². The molecule has 1 saturated heterocycles. The lowest BCUT2D eigenvalue weighted by Crippen LogP contribution is -2.32. The molecule has 2 rings (SSSR count). The number of rotatable bonds is 5. The fraction of sp³-hybridized carbons (Fsp3) is 0.800. The number of nitrogens with zero attached hydrogens (tertiary/aromatic N) is 3. The van der Waals surface area contributed by atoms with Crippen molar-refractivity contribution in [1.29, 1.82) is 0 Å². The number of hydrogen-bond acceptors (Lipinski definition) is 3. The molecule has 1 aromatic rings. The Kier molecular flexibility index (Phi) is 6.05. The second-order valence-corrected chi connectivity index (χ2v) is 6.42. The van der Waals surface area contributed by atoms with Gasteiger partial charge < -0.3 is 5.32 Å². The maximum atomic E-state index is 4.69. The molecule has 1 aliphatic heterocycles. The number of aryl methyl sites for hydroxylation is 2. The van der Waals surface area contributed by atoms with Crippen LogP contribution in [0.2, 0.25) is 0 Å². The van der Waals surface area contributed by atoms with Crippen molar-refractivity contribution in [1.82, 2.24) is 20.0 Å². The van der Waals surface area contributed by atoms with Gasteiger partial charge in [0, 0.05) is 19.1 Å². The minimum Gasteiger partial charge on any atom is -0.317 e. The van der Waals surface area contributed by atoms with E-state index in [0.29, 0.717) is 6.04 Å². The van der Waals surface area contributed by atoms with E-state index >= 15 is 0 Å². The highest BCUT2D eigenvalue weighted by atomic mass is 79.9. The fourth-order valence-electron chi connectivity index (χ4n) is 2.98. The topological polar surface area (TPSA) is 33.1 Å². The predicted octanol–water partition coefficient (Wildman–Crippen LogP) is 2.80. The summed E-state index contributed by atoms with van der Waals surface area (Å²) in [5.74, 6) is 0. The molecule has 1 N–H and O–H groups in total. The Balaban J connectivity index is 2.09. The highest BCUT2D eigenvalue weighted by molar-refractivity contribution is 9.10.